The highest BCUT2D eigenvalue weighted by Gasteiger charge is 2.10. The SMILES string of the molecule is CCCNC(C)c1ccccc1OCCc1ccnn1C. The van der Waals surface area contributed by atoms with Crippen LogP contribution in [0.5, 0.6) is 5.75 Å². The number of rotatable bonds is 8. The minimum atomic E-state index is 0.304. The third-order valence-electron chi connectivity index (χ3n) is 3.62. The van der Waals surface area contributed by atoms with Gasteiger partial charge in [-0.05, 0) is 32.0 Å². The summed E-state index contributed by atoms with van der Waals surface area (Å²) in [5.41, 5.74) is 2.40. The van der Waals surface area contributed by atoms with E-state index in [0.717, 1.165) is 25.1 Å². The lowest BCUT2D eigenvalue weighted by atomic mass is 10.1. The van der Waals surface area contributed by atoms with E-state index in [1.54, 1.807) is 0 Å². The fraction of sp³-hybridized carbons (Fsp3) is 0.471. The lowest BCUT2D eigenvalue weighted by Gasteiger charge is -2.18. The Bertz CT molecular complexity index is 550. The number of ether oxygens (including phenoxy) is 1. The maximum Gasteiger partial charge on any atom is 0.124 e. The predicted molar refractivity (Wildman–Crippen MR) is 85.6 cm³/mol. The van der Waals surface area contributed by atoms with E-state index in [4.69, 9.17) is 4.74 Å². The number of hydrogen-bond donors (Lipinski definition) is 1. The zero-order valence-corrected chi connectivity index (χ0v) is 13.2. The van der Waals surface area contributed by atoms with Crippen LogP contribution in [-0.2, 0) is 13.5 Å². The smallest absolute Gasteiger partial charge is 0.124 e. The minimum Gasteiger partial charge on any atom is -0.493 e. The van der Waals surface area contributed by atoms with Crippen LogP contribution < -0.4 is 10.1 Å². The lowest BCUT2D eigenvalue weighted by Crippen LogP contribution is -2.20. The Labute approximate surface area is 127 Å². The average molecular weight is 287 g/mol. The summed E-state index contributed by atoms with van der Waals surface area (Å²) >= 11 is 0. The normalized spacial score (nSPS) is 12.3. The van der Waals surface area contributed by atoms with Crippen LogP contribution in [-0.4, -0.2) is 22.9 Å². The fourth-order valence-electron chi connectivity index (χ4n) is 2.35. The first kappa shape index (κ1) is 15.6. The van der Waals surface area contributed by atoms with Gasteiger partial charge in [-0.3, -0.25) is 4.68 Å². The van der Waals surface area contributed by atoms with Crippen LogP contribution in [0.4, 0.5) is 0 Å². The summed E-state index contributed by atoms with van der Waals surface area (Å²) in [5.74, 6) is 0.968. The van der Waals surface area contributed by atoms with E-state index in [1.165, 1.54) is 11.3 Å². The van der Waals surface area contributed by atoms with Gasteiger partial charge in [-0.15, -0.1) is 0 Å². The zero-order chi connectivity index (χ0) is 15.1. The second kappa shape index (κ2) is 7.84. The van der Waals surface area contributed by atoms with Crippen molar-refractivity contribution in [3.8, 4) is 5.75 Å². The third-order valence-corrected chi connectivity index (χ3v) is 3.62. The molecule has 0 aliphatic rings. The number of nitrogens with zero attached hydrogens (tertiary/aromatic N) is 2. The topological polar surface area (TPSA) is 39.1 Å². The summed E-state index contributed by atoms with van der Waals surface area (Å²) < 4.78 is 7.88. The van der Waals surface area contributed by atoms with E-state index in [1.807, 2.05) is 36.1 Å². The largest absolute Gasteiger partial charge is 0.493 e. The number of para-hydroxylation sites is 1. The van der Waals surface area contributed by atoms with Crippen LogP contribution in [0.25, 0.3) is 0 Å². The van der Waals surface area contributed by atoms with Crippen molar-refractivity contribution >= 4 is 0 Å². The second-order valence-electron chi connectivity index (χ2n) is 5.26. The number of nitrogens with one attached hydrogen (secondary N) is 1. The molecule has 2 aromatic rings. The van der Waals surface area contributed by atoms with Gasteiger partial charge < -0.3 is 10.1 Å². The molecule has 114 valence electrons. The lowest BCUT2D eigenvalue weighted by molar-refractivity contribution is 0.312. The molecular formula is C17H25N3O. The molecule has 0 saturated carbocycles. The first-order chi connectivity index (χ1) is 10.2. The molecule has 1 aromatic carbocycles. The molecular weight excluding hydrogens is 262 g/mol. The Morgan fingerprint density at radius 2 is 2.10 bits per heavy atom. The Morgan fingerprint density at radius 1 is 1.29 bits per heavy atom. The van der Waals surface area contributed by atoms with E-state index >= 15 is 0 Å². The van der Waals surface area contributed by atoms with Gasteiger partial charge in [-0.2, -0.15) is 5.10 Å². The highest BCUT2D eigenvalue weighted by atomic mass is 16.5. The van der Waals surface area contributed by atoms with Crippen molar-refractivity contribution in [1.82, 2.24) is 15.1 Å². The predicted octanol–water partition coefficient (Wildman–Crippen LogP) is 3.10. The second-order valence-corrected chi connectivity index (χ2v) is 5.26. The third kappa shape index (κ3) is 4.33. The first-order valence-corrected chi connectivity index (χ1v) is 7.64. The first-order valence-electron chi connectivity index (χ1n) is 7.64. The molecule has 0 bridgehead atoms. The quantitative estimate of drug-likeness (QED) is 0.811. The van der Waals surface area contributed by atoms with Crippen LogP contribution in [0.2, 0.25) is 0 Å². The van der Waals surface area contributed by atoms with Crippen molar-refractivity contribution < 1.29 is 4.74 Å². The number of aromatic nitrogens is 2. The van der Waals surface area contributed by atoms with Gasteiger partial charge in [-0.1, -0.05) is 25.1 Å². The van der Waals surface area contributed by atoms with Crippen LogP contribution in [0, 0.1) is 0 Å². The van der Waals surface area contributed by atoms with Crippen LogP contribution in [0.1, 0.15) is 37.6 Å². The van der Waals surface area contributed by atoms with Crippen molar-refractivity contribution in [3.63, 3.8) is 0 Å². The molecule has 1 aromatic heterocycles. The summed E-state index contributed by atoms with van der Waals surface area (Å²) in [6, 6.07) is 10.6. The molecule has 1 atom stereocenters. The molecule has 2 rings (SSSR count). The zero-order valence-electron chi connectivity index (χ0n) is 13.2. The maximum atomic E-state index is 5.99. The average Bonchev–Trinajstić information content (AvgIpc) is 2.91. The Hall–Kier alpha value is -1.81. The standard InChI is InChI=1S/C17H25N3O/c1-4-11-18-14(2)16-7-5-6-8-17(16)21-13-10-15-9-12-19-20(15)3/h5-9,12,14,18H,4,10-11,13H2,1-3H3. The van der Waals surface area contributed by atoms with E-state index < -0.39 is 0 Å². The van der Waals surface area contributed by atoms with E-state index in [-0.39, 0.29) is 0 Å². The number of hydrogen-bond acceptors (Lipinski definition) is 3. The van der Waals surface area contributed by atoms with Gasteiger partial charge in [0.15, 0.2) is 0 Å². The fourth-order valence-corrected chi connectivity index (χ4v) is 2.35. The summed E-state index contributed by atoms with van der Waals surface area (Å²) in [5, 5.41) is 7.68. The molecule has 21 heavy (non-hydrogen) atoms. The maximum absolute atomic E-state index is 5.99. The van der Waals surface area contributed by atoms with Crippen molar-refractivity contribution in [2.45, 2.75) is 32.7 Å². The molecule has 4 nitrogen and oxygen atoms in total. The highest BCUT2D eigenvalue weighted by Crippen LogP contribution is 2.24. The molecule has 0 saturated heterocycles. The van der Waals surface area contributed by atoms with E-state index in [9.17, 15) is 0 Å². The number of aryl methyl sites for hydroxylation is 1. The van der Waals surface area contributed by atoms with Gasteiger partial charge in [0, 0.05) is 37.0 Å². The van der Waals surface area contributed by atoms with Crippen LogP contribution >= 0.6 is 0 Å². The Kier molecular flexibility index (Phi) is 5.81. The molecule has 0 radical (unpaired) electrons. The van der Waals surface area contributed by atoms with E-state index in [2.05, 4.69) is 36.4 Å². The van der Waals surface area contributed by atoms with Gasteiger partial charge in [0.2, 0.25) is 0 Å². The summed E-state index contributed by atoms with van der Waals surface area (Å²) in [6.07, 6.45) is 3.81. The van der Waals surface area contributed by atoms with Crippen LogP contribution in [0.15, 0.2) is 36.5 Å². The molecule has 0 amide bonds. The van der Waals surface area contributed by atoms with Crippen molar-refractivity contribution in [2.75, 3.05) is 13.2 Å². The van der Waals surface area contributed by atoms with Crippen molar-refractivity contribution in [1.29, 1.82) is 0 Å². The Morgan fingerprint density at radius 3 is 2.81 bits per heavy atom. The monoisotopic (exact) mass is 287 g/mol. The molecule has 1 N–H and O–H groups in total. The molecule has 4 heteroatoms. The number of benzene rings is 1. The highest BCUT2D eigenvalue weighted by molar-refractivity contribution is 5.35. The summed E-state index contributed by atoms with van der Waals surface area (Å²) in [4.78, 5) is 0. The van der Waals surface area contributed by atoms with Gasteiger partial charge in [0.25, 0.3) is 0 Å². The molecule has 1 heterocycles. The van der Waals surface area contributed by atoms with E-state index in [0.29, 0.717) is 12.6 Å². The summed E-state index contributed by atoms with van der Waals surface area (Å²) in [6.45, 7) is 6.04. The molecule has 0 aliphatic carbocycles. The molecule has 0 fully saturated rings. The molecule has 0 spiro atoms. The van der Waals surface area contributed by atoms with Gasteiger partial charge in [0.1, 0.15) is 5.75 Å². The van der Waals surface area contributed by atoms with Gasteiger partial charge in [-0.25, -0.2) is 0 Å². The van der Waals surface area contributed by atoms with Crippen LogP contribution in [0.3, 0.4) is 0 Å². The molecule has 1 unspecified atom stereocenters. The minimum absolute atomic E-state index is 0.304. The molecule has 0 aliphatic heterocycles. The van der Waals surface area contributed by atoms with Crippen molar-refractivity contribution in [3.05, 3.63) is 47.8 Å². The van der Waals surface area contributed by atoms with Gasteiger partial charge >= 0.3 is 0 Å². The Balaban J connectivity index is 1.95. The summed E-state index contributed by atoms with van der Waals surface area (Å²) in [7, 11) is 1.96. The van der Waals surface area contributed by atoms with Gasteiger partial charge in [0.05, 0.1) is 6.61 Å². The van der Waals surface area contributed by atoms with Crippen molar-refractivity contribution in [2.24, 2.45) is 7.05 Å².